The van der Waals surface area contributed by atoms with E-state index in [9.17, 15) is 13.6 Å². The Hall–Kier alpha value is -2.75. The summed E-state index contributed by atoms with van der Waals surface area (Å²) in [5.41, 5.74) is 0.896. The van der Waals surface area contributed by atoms with Gasteiger partial charge in [-0.15, -0.1) is 0 Å². The fourth-order valence-electron chi connectivity index (χ4n) is 3.62. The van der Waals surface area contributed by atoms with Crippen LogP contribution in [0.15, 0.2) is 18.2 Å². The maximum atomic E-state index is 13.0. The minimum Gasteiger partial charge on any atom is -0.483 e. The number of carbonyl (C=O) groups is 2. The molecular formula is C17H20F2N4O4. The molecule has 0 aliphatic carbocycles. The molecule has 0 unspecified atom stereocenters. The maximum absolute atomic E-state index is 13.0. The van der Waals surface area contributed by atoms with Crippen molar-refractivity contribution in [2.24, 2.45) is 0 Å². The second-order valence-electron chi connectivity index (χ2n) is 6.33. The van der Waals surface area contributed by atoms with Crippen molar-refractivity contribution in [2.75, 3.05) is 26.2 Å². The summed E-state index contributed by atoms with van der Waals surface area (Å²) in [6.07, 6.45) is 1.93. The van der Waals surface area contributed by atoms with Crippen LogP contribution in [-0.2, 0) is 4.79 Å². The van der Waals surface area contributed by atoms with Crippen LogP contribution in [0.25, 0.3) is 10.9 Å². The second-order valence-corrected chi connectivity index (χ2v) is 6.33. The highest BCUT2D eigenvalue weighted by Gasteiger charge is 2.33. The molecule has 146 valence electrons. The Morgan fingerprint density at radius 1 is 1.30 bits per heavy atom. The molecule has 0 radical (unpaired) electrons. The molecule has 4 heterocycles. The Morgan fingerprint density at radius 3 is 2.67 bits per heavy atom. The summed E-state index contributed by atoms with van der Waals surface area (Å²) in [5, 5.41) is 14.3. The van der Waals surface area contributed by atoms with E-state index in [1.807, 2.05) is 4.90 Å². The van der Waals surface area contributed by atoms with Gasteiger partial charge in [0.05, 0.1) is 5.52 Å². The molecule has 8 nitrogen and oxygen atoms in total. The number of nitrogens with zero attached hydrogens (tertiary/aromatic N) is 3. The number of carboxylic acid groups (broad SMARTS) is 1. The molecule has 3 saturated heterocycles. The average Bonchev–Trinajstić information content (AvgIpc) is 2.82. The monoisotopic (exact) mass is 382 g/mol. The first-order valence-electron chi connectivity index (χ1n) is 8.57. The van der Waals surface area contributed by atoms with Crippen LogP contribution < -0.4 is 4.74 Å². The van der Waals surface area contributed by atoms with Crippen molar-refractivity contribution in [1.82, 2.24) is 20.0 Å². The Kier molecular flexibility index (Phi) is 5.84. The van der Waals surface area contributed by atoms with Gasteiger partial charge in [-0.2, -0.15) is 13.9 Å². The van der Waals surface area contributed by atoms with Crippen molar-refractivity contribution in [3.8, 4) is 5.75 Å². The number of benzene rings is 1. The number of alkyl halides is 2. The zero-order valence-corrected chi connectivity index (χ0v) is 14.5. The van der Waals surface area contributed by atoms with Crippen molar-refractivity contribution >= 4 is 23.3 Å². The number of piperidine rings is 1. The smallest absolute Gasteiger partial charge is 0.387 e. The van der Waals surface area contributed by atoms with Crippen molar-refractivity contribution < 1.29 is 28.2 Å². The summed E-state index contributed by atoms with van der Waals surface area (Å²) in [6, 6.07) is 4.69. The second kappa shape index (κ2) is 8.30. The maximum Gasteiger partial charge on any atom is 0.387 e. The van der Waals surface area contributed by atoms with Crippen LogP contribution in [0.3, 0.4) is 0 Å². The molecule has 27 heavy (non-hydrogen) atoms. The molecule has 2 N–H and O–H groups in total. The SMILES string of the molecule is O=C(c1n[nH]c2ccc(OC(F)F)cc12)N1CCN2CCC1CC2.O=CO. The standard InChI is InChI=1S/C16H18F2N4O2.CH2O2/c17-16(18)24-11-1-2-13-12(9-11)14(20-19-13)15(23)22-8-7-21-5-3-10(22)4-6-21;2-1-3/h1-2,9-10,16H,3-8H2,(H,19,20);1H,(H,2,3). The van der Waals surface area contributed by atoms with Gasteiger partial charge in [0.15, 0.2) is 5.69 Å². The molecule has 0 atom stereocenters. The van der Waals surface area contributed by atoms with E-state index >= 15 is 0 Å². The predicted molar refractivity (Wildman–Crippen MR) is 91.9 cm³/mol. The third-order valence-electron chi connectivity index (χ3n) is 4.88. The van der Waals surface area contributed by atoms with Gasteiger partial charge in [-0.05, 0) is 31.0 Å². The third-order valence-corrected chi connectivity index (χ3v) is 4.88. The number of hydrogen-bond acceptors (Lipinski definition) is 5. The number of nitrogens with one attached hydrogen (secondary N) is 1. The summed E-state index contributed by atoms with van der Waals surface area (Å²) >= 11 is 0. The highest BCUT2D eigenvalue weighted by molar-refractivity contribution is 6.05. The van der Waals surface area contributed by atoms with Crippen LogP contribution in [0.2, 0.25) is 0 Å². The molecule has 2 aromatic rings. The summed E-state index contributed by atoms with van der Waals surface area (Å²) in [4.78, 5) is 25.6. The third kappa shape index (κ3) is 4.16. The number of rotatable bonds is 3. The number of H-pyrrole nitrogens is 1. The topological polar surface area (TPSA) is 98.8 Å². The first-order valence-corrected chi connectivity index (χ1v) is 8.57. The predicted octanol–water partition coefficient (Wildman–Crippen LogP) is 1.79. The molecule has 1 amide bonds. The van der Waals surface area contributed by atoms with Gasteiger partial charge in [-0.25, -0.2) is 0 Å². The van der Waals surface area contributed by atoms with E-state index in [1.165, 1.54) is 12.1 Å². The number of halogens is 2. The molecule has 3 fully saturated rings. The molecule has 0 spiro atoms. The molecule has 0 saturated carbocycles. The number of carbonyl (C=O) groups excluding carboxylic acids is 1. The van der Waals surface area contributed by atoms with E-state index in [2.05, 4.69) is 19.8 Å². The zero-order valence-electron chi connectivity index (χ0n) is 14.5. The molecule has 2 bridgehead atoms. The van der Waals surface area contributed by atoms with Gasteiger partial charge in [0, 0.05) is 37.6 Å². The Labute approximate surface area is 153 Å². The van der Waals surface area contributed by atoms with E-state index in [1.54, 1.807) is 6.07 Å². The lowest BCUT2D eigenvalue weighted by Gasteiger charge is -2.31. The van der Waals surface area contributed by atoms with E-state index < -0.39 is 6.61 Å². The molecule has 5 rings (SSSR count). The normalized spacial score (nSPS) is 21.5. The van der Waals surface area contributed by atoms with Crippen molar-refractivity contribution in [3.63, 3.8) is 0 Å². The summed E-state index contributed by atoms with van der Waals surface area (Å²) < 4.78 is 29.3. The zero-order chi connectivity index (χ0) is 19.4. The van der Waals surface area contributed by atoms with Gasteiger partial charge in [0.2, 0.25) is 0 Å². The van der Waals surface area contributed by atoms with Gasteiger partial charge >= 0.3 is 6.61 Å². The van der Waals surface area contributed by atoms with Gasteiger partial charge in [-0.1, -0.05) is 0 Å². The van der Waals surface area contributed by atoms with E-state index in [4.69, 9.17) is 9.90 Å². The molecule has 3 aliphatic heterocycles. The molecule has 1 aromatic heterocycles. The highest BCUT2D eigenvalue weighted by Crippen LogP contribution is 2.27. The minimum absolute atomic E-state index is 0.0239. The number of aromatic amines is 1. The minimum atomic E-state index is -2.90. The van der Waals surface area contributed by atoms with Crippen molar-refractivity contribution in [1.29, 1.82) is 0 Å². The Morgan fingerprint density at radius 2 is 2.00 bits per heavy atom. The van der Waals surface area contributed by atoms with E-state index in [0.29, 0.717) is 17.4 Å². The van der Waals surface area contributed by atoms with Crippen LogP contribution >= 0.6 is 0 Å². The van der Waals surface area contributed by atoms with Crippen LogP contribution in [0.5, 0.6) is 5.75 Å². The van der Waals surface area contributed by atoms with E-state index in [-0.39, 0.29) is 29.9 Å². The lowest BCUT2D eigenvalue weighted by atomic mass is 10.0. The number of ether oxygens (including phenoxy) is 1. The fourth-order valence-corrected chi connectivity index (χ4v) is 3.62. The molecule has 3 aliphatic rings. The Balaban J connectivity index is 0.000000659. The van der Waals surface area contributed by atoms with Crippen molar-refractivity contribution in [2.45, 2.75) is 25.5 Å². The van der Waals surface area contributed by atoms with Gasteiger partial charge < -0.3 is 19.6 Å². The first kappa shape index (κ1) is 19.0. The van der Waals surface area contributed by atoms with Gasteiger partial charge in [-0.3, -0.25) is 14.7 Å². The summed E-state index contributed by atoms with van der Waals surface area (Å²) in [6.45, 7) is 0.420. The first-order chi connectivity index (χ1) is 13.0. The number of amides is 1. The van der Waals surface area contributed by atoms with Crippen LogP contribution in [0, 0.1) is 0 Å². The number of hydrogen-bond donors (Lipinski definition) is 2. The van der Waals surface area contributed by atoms with Crippen LogP contribution in [-0.4, -0.2) is 76.3 Å². The number of aromatic nitrogens is 2. The fraction of sp³-hybridized carbons (Fsp3) is 0.471. The lowest BCUT2D eigenvalue weighted by molar-refractivity contribution is -0.122. The van der Waals surface area contributed by atoms with Crippen LogP contribution in [0.1, 0.15) is 23.3 Å². The lowest BCUT2D eigenvalue weighted by Crippen LogP contribution is -2.41. The number of fused-ring (bicyclic) bond motifs is 5. The highest BCUT2D eigenvalue weighted by atomic mass is 19.3. The molecular weight excluding hydrogens is 362 g/mol. The van der Waals surface area contributed by atoms with Crippen molar-refractivity contribution in [3.05, 3.63) is 23.9 Å². The summed E-state index contributed by atoms with van der Waals surface area (Å²) in [5.74, 6) is -0.125. The van der Waals surface area contributed by atoms with E-state index in [0.717, 1.165) is 32.5 Å². The Bertz CT molecular complexity index is 805. The average molecular weight is 382 g/mol. The quantitative estimate of drug-likeness (QED) is 0.786. The van der Waals surface area contributed by atoms with Crippen LogP contribution in [0.4, 0.5) is 8.78 Å². The van der Waals surface area contributed by atoms with Gasteiger partial charge in [0.25, 0.3) is 12.4 Å². The largest absolute Gasteiger partial charge is 0.483 e. The molecule has 1 aromatic carbocycles. The summed E-state index contributed by atoms with van der Waals surface area (Å²) in [7, 11) is 0. The van der Waals surface area contributed by atoms with Gasteiger partial charge in [0.1, 0.15) is 5.75 Å². The molecule has 10 heteroatoms.